The summed E-state index contributed by atoms with van der Waals surface area (Å²) < 4.78 is 32.6. The minimum Gasteiger partial charge on any atom is -0.497 e. The minimum atomic E-state index is -3.48. The van der Waals surface area contributed by atoms with E-state index in [0.717, 1.165) is 20.4 Å². The molecule has 0 atom stereocenters. The number of nitrogens with zero attached hydrogens (tertiary/aromatic N) is 2. The van der Waals surface area contributed by atoms with Gasteiger partial charge < -0.3 is 4.74 Å². The average molecular weight is 406 g/mol. The van der Waals surface area contributed by atoms with Crippen LogP contribution in [0.2, 0.25) is 0 Å². The van der Waals surface area contributed by atoms with E-state index in [4.69, 9.17) is 4.74 Å². The van der Waals surface area contributed by atoms with E-state index in [0.29, 0.717) is 0 Å². The van der Waals surface area contributed by atoms with Crippen LogP contribution in [-0.4, -0.2) is 37.9 Å². The lowest BCUT2D eigenvalue weighted by Gasteiger charge is -2.11. The fraction of sp³-hybridized carbons (Fsp3) is 0.231. The van der Waals surface area contributed by atoms with E-state index >= 15 is 0 Å². The molecule has 0 aliphatic rings. The lowest BCUT2D eigenvalue weighted by Crippen LogP contribution is -2.27. The van der Waals surface area contributed by atoms with Crippen LogP contribution in [0.25, 0.3) is 11.1 Å². The summed E-state index contributed by atoms with van der Waals surface area (Å²) >= 11 is 2.13. The van der Waals surface area contributed by atoms with Crippen molar-refractivity contribution in [3.8, 4) is 16.9 Å². The lowest BCUT2D eigenvalue weighted by molar-refractivity contribution is 0.415. The van der Waals surface area contributed by atoms with Gasteiger partial charge in [0, 0.05) is 35.6 Å². The van der Waals surface area contributed by atoms with Crippen LogP contribution in [0, 0.1) is 3.57 Å². The Morgan fingerprint density at radius 2 is 1.75 bits per heavy atom. The second-order valence-corrected chi connectivity index (χ2v) is 7.58. The maximum absolute atomic E-state index is 12.1. The van der Waals surface area contributed by atoms with Crippen LogP contribution >= 0.6 is 22.6 Å². The van der Waals surface area contributed by atoms with Gasteiger partial charge in [0.15, 0.2) is 0 Å². The first kappa shape index (κ1) is 15.3. The second-order valence-electron chi connectivity index (χ2n) is 4.37. The number of hydrogen-bond donors (Lipinski definition) is 0. The monoisotopic (exact) mass is 406 g/mol. The van der Waals surface area contributed by atoms with Gasteiger partial charge in [-0.1, -0.05) is 12.1 Å². The Labute approximate surface area is 132 Å². The molecule has 0 amide bonds. The van der Waals surface area contributed by atoms with E-state index in [-0.39, 0.29) is 0 Å². The highest BCUT2D eigenvalue weighted by atomic mass is 127. The number of hydrogen-bond acceptors (Lipinski definition) is 3. The molecule has 0 aliphatic heterocycles. The van der Waals surface area contributed by atoms with E-state index in [2.05, 4.69) is 22.6 Å². The van der Waals surface area contributed by atoms with Gasteiger partial charge in [0.25, 0.3) is 0 Å². The highest BCUT2D eigenvalue weighted by Gasteiger charge is 2.18. The van der Waals surface area contributed by atoms with Gasteiger partial charge in [-0.3, -0.25) is 0 Å². The van der Waals surface area contributed by atoms with Crippen molar-refractivity contribution in [2.45, 2.75) is 0 Å². The van der Waals surface area contributed by atoms with E-state index in [1.54, 1.807) is 19.5 Å². The molecule has 0 aliphatic carbocycles. The summed E-state index contributed by atoms with van der Waals surface area (Å²) in [5.74, 6) is 0.768. The molecule has 7 heteroatoms. The van der Waals surface area contributed by atoms with Crippen LogP contribution in [0.5, 0.6) is 5.75 Å². The third-order valence-corrected chi connectivity index (χ3v) is 5.41. The maximum atomic E-state index is 12.1. The van der Waals surface area contributed by atoms with Crippen molar-refractivity contribution < 1.29 is 13.2 Å². The molecule has 20 heavy (non-hydrogen) atoms. The quantitative estimate of drug-likeness (QED) is 0.733. The topological polar surface area (TPSA) is 51.5 Å². The number of rotatable bonds is 4. The predicted octanol–water partition coefficient (Wildman–Crippen LogP) is 2.42. The van der Waals surface area contributed by atoms with Crippen LogP contribution in [0.15, 0.2) is 36.7 Å². The van der Waals surface area contributed by atoms with Gasteiger partial charge in [-0.2, -0.15) is 12.7 Å². The number of halogens is 1. The van der Waals surface area contributed by atoms with E-state index < -0.39 is 10.2 Å². The van der Waals surface area contributed by atoms with E-state index in [1.807, 2.05) is 24.3 Å². The van der Waals surface area contributed by atoms with E-state index in [9.17, 15) is 8.42 Å². The normalized spacial score (nSPS) is 11.8. The smallest absolute Gasteiger partial charge is 0.306 e. The summed E-state index contributed by atoms with van der Waals surface area (Å²) in [6.45, 7) is 0. The molecule has 0 spiro atoms. The molecular formula is C13H15IN2O3S. The summed E-state index contributed by atoms with van der Waals surface area (Å²) in [7, 11) is 1.15. The number of ether oxygens (including phenoxy) is 1. The Bertz CT molecular complexity index is 706. The second kappa shape index (κ2) is 5.74. The Balaban J connectivity index is 2.46. The first-order valence-electron chi connectivity index (χ1n) is 5.81. The zero-order valence-electron chi connectivity index (χ0n) is 11.4. The highest BCUT2D eigenvalue weighted by molar-refractivity contribution is 14.1. The molecule has 2 aromatic rings. The van der Waals surface area contributed by atoms with Crippen molar-refractivity contribution in [3.63, 3.8) is 0 Å². The molecule has 108 valence electrons. The van der Waals surface area contributed by atoms with Crippen molar-refractivity contribution in [2.75, 3.05) is 21.2 Å². The first-order chi connectivity index (χ1) is 9.36. The van der Waals surface area contributed by atoms with Gasteiger partial charge in [-0.05, 0) is 40.3 Å². The molecule has 2 rings (SSSR count). The summed E-state index contributed by atoms with van der Waals surface area (Å²) in [5, 5.41) is 0. The van der Waals surface area contributed by atoms with Crippen LogP contribution in [0.1, 0.15) is 0 Å². The fourth-order valence-electron chi connectivity index (χ4n) is 1.71. The SMILES string of the molecule is COc1ccc(-c2cn(S(=O)(=O)N(C)C)cc2I)cc1. The van der Waals surface area contributed by atoms with Crippen LogP contribution < -0.4 is 4.74 Å². The molecule has 0 radical (unpaired) electrons. The molecule has 0 N–H and O–H groups in total. The van der Waals surface area contributed by atoms with Crippen molar-refractivity contribution >= 4 is 32.8 Å². The standard InChI is InChI=1S/C13H15IN2O3S/c1-15(2)20(17,18)16-8-12(13(14)9-16)10-4-6-11(19-3)7-5-10/h4-9H,1-3H3. The fourth-order valence-corrected chi connectivity index (χ4v) is 3.51. The first-order valence-corrected chi connectivity index (χ1v) is 8.29. The lowest BCUT2D eigenvalue weighted by atomic mass is 10.1. The van der Waals surface area contributed by atoms with Gasteiger partial charge in [-0.25, -0.2) is 3.97 Å². The molecule has 0 saturated carbocycles. The minimum absolute atomic E-state index is 0.768. The van der Waals surface area contributed by atoms with Crippen molar-refractivity contribution in [2.24, 2.45) is 0 Å². The third kappa shape index (κ3) is 2.84. The third-order valence-electron chi connectivity index (χ3n) is 2.88. The van der Waals surface area contributed by atoms with Crippen LogP contribution in [0.3, 0.4) is 0 Å². The summed E-state index contributed by atoms with van der Waals surface area (Å²) in [4.78, 5) is 0. The summed E-state index contributed by atoms with van der Waals surface area (Å²) in [5.41, 5.74) is 1.82. The van der Waals surface area contributed by atoms with Crippen LogP contribution in [-0.2, 0) is 10.2 Å². The molecule has 1 aromatic carbocycles. The number of methoxy groups -OCH3 is 1. The molecule has 0 bridgehead atoms. The maximum Gasteiger partial charge on any atom is 0.306 e. The van der Waals surface area contributed by atoms with Crippen molar-refractivity contribution in [1.82, 2.24) is 8.28 Å². The Morgan fingerprint density at radius 1 is 1.15 bits per heavy atom. The number of aromatic nitrogens is 1. The van der Waals surface area contributed by atoms with Gasteiger partial charge >= 0.3 is 10.2 Å². The van der Waals surface area contributed by atoms with E-state index in [1.165, 1.54) is 22.4 Å². The molecule has 0 fully saturated rings. The molecular weight excluding hydrogens is 391 g/mol. The predicted molar refractivity (Wildman–Crippen MR) is 87.1 cm³/mol. The largest absolute Gasteiger partial charge is 0.497 e. The van der Waals surface area contributed by atoms with Gasteiger partial charge in [0.1, 0.15) is 5.75 Å². The molecule has 5 nitrogen and oxygen atoms in total. The molecule has 0 unspecified atom stereocenters. The molecule has 0 saturated heterocycles. The highest BCUT2D eigenvalue weighted by Crippen LogP contribution is 2.28. The Hall–Kier alpha value is -1.06. The average Bonchev–Trinajstić information content (AvgIpc) is 2.81. The van der Waals surface area contributed by atoms with Gasteiger partial charge in [0.05, 0.1) is 7.11 Å². The van der Waals surface area contributed by atoms with Crippen LogP contribution in [0.4, 0.5) is 0 Å². The van der Waals surface area contributed by atoms with Gasteiger partial charge in [0.2, 0.25) is 0 Å². The van der Waals surface area contributed by atoms with Gasteiger partial charge in [-0.15, -0.1) is 0 Å². The van der Waals surface area contributed by atoms with Crippen molar-refractivity contribution in [3.05, 3.63) is 40.2 Å². The Kier molecular flexibility index (Phi) is 4.40. The molecule has 1 aromatic heterocycles. The molecule has 1 heterocycles. The summed E-state index contributed by atoms with van der Waals surface area (Å²) in [6, 6.07) is 7.51. The van der Waals surface area contributed by atoms with Crippen molar-refractivity contribution in [1.29, 1.82) is 0 Å². The zero-order chi connectivity index (χ0) is 14.9. The zero-order valence-corrected chi connectivity index (χ0v) is 14.3. The number of benzene rings is 1. The Morgan fingerprint density at radius 3 is 2.25 bits per heavy atom. The summed E-state index contributed by atoms with van der Waals surface area (Å²) in [6.07, 6.45) is 3.23.